The minimum absolute atomic E-state index is 0.0996. The van der Waals surface area contributed by atoms with E-state index in [9.17, 15) is 4.79 Å². The number of hydrogen-bond donors (Lipinski definition) is 1. The standard InChI is InChI=1S/C14H19NO2/c1-9-4-5-11-7-10(2)14(12(11)6-9)15(3)8-13(16)17/h4-6,10,14H,7-8H2,1-3H3,(H,16,17). The van der Waals surface area contributed by atoms with Gasteiger partial charge in [-0.1, -0.05) is 30.7 Å². The van der Waals surface area contributed by atoms with Gasteiger partial charge in [0.25, 0.3) is 0 Å². The molecule has 1 aromatic rings. The highest BCUT2D eigenvalue weighted by Crippen LogP contribution is 2.39. The normalized spacial score (nSPS) is 22.8. The van der Waals surface area contributed by atoms with Crippen LogP contribution in [0, 0.1) is 12.8 Å². The van der Waals surface area contributed by atoms with Gasteiger partial charge in [0.1, 0.15) is 0 Å². The van der Waals surface area contributed by atoms with Crippen LogP contribution in [0.5, 0.6) is 0 Å². The Morgan fingerprint density at radius 2 is 2.24 bits per heavy atom. The van der Waals surface area contributed by atoms with Crippen LogP contribution in [0.15, 0.2) is 18.2 Å². The van der Waals surface area contributed by atoms with Crippen molar-refractivity contribution in [2.45, 2.75) is 26.3 Å². The summed E-state index contributed by atoms with van der Waals surface area (Å²) < 4.78 is 0. The number of nitrogens with zero attached hydrogens (tertiary/aromatic N) is 1. The number of fused-ring (bicyclic) bond motifs is 1. The summed E-state index contributed by atoms with van der Waals surface area (Å²) in [6.45, 7) is 4.37. The summed E-state index contributed by atoms with van der Waals surface area (Å²) in [7, 11) is 1.90. The third-order valence-corrected chi connectivity index (χ3v) is 3.56. The highest BCUT2D eigenvalue weighted by atomic mass is 16.4. The van der Waals surface area contributed by atoms with Crippen LogP contribution in [-0.2, 0) is 11.2 Å². The molecule has 17 heavy (non-hydrogen) atoms. The Kier molecular flexibility index (Phi) is 3.20. The van der Waals surface area contributed by atoms with E-state index in [4.69, 9.17) is 5.11 Å². The maximum absolute atomic E-state index is 10.8. The molecule has 1 aromatic carbocycles. The molecular weight excluding hydrogens is 214 g/mol. The quantitative estimate of drug-likeness (QED) is 0.870. The summed E-state index contributed by atoms with van der Waals surface area (Å²) in [5.41, 5.74) is 3.91. The zero-order valence-electron chi connectivity index (χ0n) is 10.6. The number of aliphatic carboxylic acids is 1. The first-order chi connectivity index (χ1) is 7.99. The Labute approximate surface area is 102 Å². The molecule has 2 unspecified atom stereocenters. The molecule has 0 aromatic heterocycles. The molecule has 1 N–H and O–H groups in total. The van der Waals surface area contributed by atoms with E-state index in [1.165, 1.54) is 16.7 Å². The fourth-order valence-electron chi connectivity index (χ4n) is 2.92. The van der Waals surface area contributed by atoms with Gasteiger partial charge in [-0.05, 0) is 37.4 Å². The Hall–Kier alpha value is -1.35. The molecule has 0 radical (unpaired) electrons. The van der Waals surface area contributed by atoms with Crippen molar-refractivity contribution in [2.24, 2.45) is 5.92 Å². The second-order valence-electron chi connectivity index (χ2n) is 5.14. The smallest absolute Gasteiger partial charge is 0.317 e. The van der Waals surface area contributed by atoms with E-state index < -0.39 is 5.97 Å². The van der Waals surface area contributed by atoms with Crippen molar-refractivity contribution in [1.29, 1.82) is 0 Å². The van der Waals surface area contributed by atoms with Gasteiger partial charge in [0.15, 0.2) is 0 Å². The minimum Gasteiger partial charge on any atom is -0.480 e. The average Bonchev–Trinajstić information content (AvgIpc) is 2.52. The van der Waals surface area contributed by atoms with E-state index in [1.807, 2.05) is 11.9 Å². The molecule has 0 saturated heterocycles. The van der Waals surface area contributed by atoms with Crippen LogP contribution in [0.1, 0.15) is 29.7 Å². The zero-order valence-corrected chi connectivity index (χ0v) is 10.6. The highest BCUT2D eigenvalue weighted by Gasteiger charge is 2.32. The van der Waals surface area contributed by atoms with Gasteiger partial charge in [0.2, 0.25) is 0 Å². The Bertz CT molecular complexity index is 442. The molecule has 0 bridgehead atoms. The SMILES string of the molecule is Cc1ccc2c(c1)C(N(C)CC(=O)O)C(C)C2. The molecule has 0 fully saturated rings. The molecule has 92 valence electrons. The number of carboxylic acid groups (broad SMARTS) is 1. The summed E-state index contributed by atoms with van der Waals surface area (Å²) in [4.78, 5) is 12.8. The predicted molar refractivity (Wildman–Crippen MR) is 67.1 cm³/mol. The van der Waals surface area contributed by atoms with Crippen molar-refractivity contribution in [3.8, 4) is 0 Å². The lowest BCUT2D eigenvalue weighted by atomic mass is 10.0. The molecule has 0 heterocycles. The number of carboxylic acids is 1. The summed E-state index contributed by atoms with van der Waals surface area (Å²) in [5.74, 6) is -0.281. The average molecular weight is 233 g/mol. The van der Waals surface area contributed by atoms with Crippen molar-refractivity contribution >= 4 is 5.97 Å². The third-order valence-electron chi connectivity index (χ3n) is 3.56. The lowest BCUT2D eigenvalue weighted by Gasteiger charge is -2.27. The van der Waals surface area contributed by atoms with Gasteiger partial charge in [-0.25, -0.2) is 0 Å². The van der Waals surface area contributed by atoms with E-state index in [1.54, 1.807) is 0 Å². The molecule has 0 spiro atoms. The van der Waals surface area contributed by atoms with E-state index in [0.29, 0.717) is 5.92 Å². The van der Waals surface area contributed by atoms with Gasteiger partial charge >= 0.3 is 5.97 Å². The van der Waals surface area contributed by atoms with Crippen LogP contribution in [0.3, 0.4) is 0 Å². The van der Waals surface area contributed by atoms with Crippen molar-refractivity contribution in [3.63, 3.8) is 0 Å². The Balaban J connectivity index is 2.30. The lowest BCUT2D eigenvalue weighted by Crippen LogP contribution is -2.31. The predicted octanol–water partition coefficient (Wildman–Crippen LogP) is 2.24. The molecule has 3 nitrogen and oxygen atoms in total. The van der Waals surface area contributed by atoms with E-state index in [2.05, 4.69) is 32.0 Å². The van der Waals surface area contributed by atoms with E-state index >= 15 is 0 Å². The number of benzene rings is 1. The first kappa shape index (κ1) is 12.1. The van der Waals surface area contributed by atoms with Crippen LogP contribution in [0.25, 0.3) is 0 Å². The van der Waals surface area contributed by atoms with E-state index in [0.717, 1.165) is 6.42 Å². The van der Waals surface area contributed by atoms with E-state index in [-0.39, 0.29) is 12.6 Å². The molecular formula is C14H19NO2. The second-order valence-corrected chi connectivity index (χ2v) is 5.14. The van der Waals surface area contributed by atoms with Gasteiger partial charge in [-0.3, -0.25) is 9.69 Å². The molecule has 0 aliphatic heterocycles. The lowest BCUT2D eigenvalue weighted by molar-refractivity contribution is -0.138. The van der Waals surface area contributed by atoms with Gasteiger partial charge < -0.3 is 5.11 Å². The van der Waals surface area contributed by atoms with Gasteiger partial charge in [-0.15, -0.1) is 0 Å². The first-order valence-corrected chi connectivity index (χ1v) is 6.00. The monoisotopic (exact) mass is 233 g/mol. The Morgan fingerprint density at radius 3 is 2.88 bits per heavy atom. The van der Waals surface area contributed by atoms with Crippen LogP contribution < -0.4 is 0 Å². The topological polar surface area (TPSA) is 40.5 Å². The highest BCUT2D eigenvalue weighted by molar-refractivity contribution is 5.69. The maximum atomic E-state index is 10.8. The molecule has 3 heteroatoms. The minimum atomic E-state index is -0.763. The molecule has 2 rings (SSSR count). The maximum Gasteiger partial charge on any atom is 0.317 e. The summed E-state index contributed by atoms with van der Waals surface area (Å²) in [5, 5.41) is 8.89. The van der Waals surface area contributed by atoms with Gasteiger partial charge in [0, 0.05) is 6.04 Å². The molecule has 1 aliphatic carbocycles. The van der Waals surface area contributed by atoms with Gasteiger partial charge in [-0.2, -0.15) is 0 Å². The van der Waals surface area contributed by atoms with Crippen molar-refractivity contribution in [2.75, 3.05) is 13.6 Å². The summed E-state index contributed by atoms with van der Waals surface area (Å²) in [6, 6.07) is 6.74. The van der Waals surface area contributed by atoms with Crippen molar-refractivity contribution in [3.05, 3.63) is 34.9 Å². The zero-order chi connectivity index (χ0) is 12.6. The number of carbonyl (C=O) groups is 1. The Morgan fingerprint density at radius 1 is 1.53 bits per heavy atom. The van der Waals surface area contributed by atoms with Crippen LogP contribution in [0.4, 0.5) is 0 Å². The third kappa shape index (κ3) is 2.34. The fourth-order valence-corrected chi connectivity index (χ4v) is 2.92. The van der Waals surface area contributed by atoms with Crippen LogP contribution >= 0.6 is 0 Å². The fraction of sp³-hybridized carbons (Fsp3) is 0.500. The van der Waals surface area contributed by atoms with Crippen molar-refractivity contribution < 1.29 is 9.90 Å². The molecule has 0 saturated carbocycles. The summed E-state index contributed by atoms with van der Waals surface area (Å²) in [6.07, 6.45) is 1.05. The summed E-state index contributed by atoms with van der Waals surface area (Å²) >= 11 is 0. The molecule has 0 amide bonds. The molecule has 2 atom stereocenters. The largest absolute Gasteiger partial charge is 0.480 e. The first-order valence-electron chi connectivity index (χ1n) is 6.00. The number of rotatable bonds is 3. The van der Waals surface area contributed by atoms with Crippen LogP contribution in [0.2, 0.25) is 0 Å². The second kappa shape index (κ2) is 4.49. The number of hydrogen-bond acceptors (Lipinski definition) is 2. The number of likely N-dealkylation sites (N-methyl/N-ethyl adjacent to an activating group) is 1. The van der Waals surface area contributed by atoms with Crippen molar-refractivity contribution in [1.82, 2.24) is 4.90 Å². The molecule has 1 aliphatic rings. The van der Waals surface area contributed by atoms with Crippen LogP contribution in [-0.4, -0.2) is 29.6 Å². The van der Waals surface area contributed by atoms with Gasteiger partial charge in [0.05, 0.1) is 6.54 Å². The number of aryl methyl sites for hydroxylation is 1.